The van der Waals surface area contributed by atoms with E-state index in [9.17, 15) is 0 Å². The largest absolute Gasteiger partial charge is 0.338 e. The summed E-state index contributed by atoms with van der Waals surface area (Å²) in [6.45, 7) is 6.23. The molecule has 4 aromatic rings. The predicted molar refractivity (Wildman–Crippen MR) is 117 cm³/mol. The molecule has 0 spiro atoms. The number of aromatic nitrogens is 5. The lowest BCUT2D eigenvalue weighted by Crippen LogP contribution is -2.01. The van der Waals surface area contributed by atoms with Crippen LogP contribution >= 0.6 is 11.8 Å². The molecular weight excluding hydrogens is 394 g/mol. The molecule has 0 N–H and O–H groups in total. The summed E-state index contributed by atoms with van der Waals surface area (Å²) in [5, 5.41) is 14.0. The van der Waals surface area contributed by atoms with Crippen molar-refractivity contribution in [2.75, 3.05) is 0 Å². The molecule has 0 radical (unpaired) electrons. The number of aryl methyl sites for hydroxylation is 2. The van der Waals surface area contributed by atoms with Crippen LogP contribution in [0.4, 0.5) is 0 Å². The van der Waals surface area contributed by atoms with E-state index in [2.05, 4.69) is 94.2 Å². The van der Waals surface area contributed by atoms with Crippen molar-refractivity contribution in [2.24, 2.45) is 0 Å². The number of thioether (sulfide) groups is 1. The SMILES string of the molecule is Cc1ccc(-c2nnc(SC(C)c3nc(C4CC4)no3)n2-c2ccc(C)cc2)cc1. The van der Waals surface area contributed by atoms with E-state index in [0.717, 1.165) is 40.9 Å². The standard InChI is InChI=1S/C23H23N5OS/c1-14-4-8-18(9-5-14)21-25-26-23(28(21)19-12-6-15(2)7-13-19)30-16(3)22-24-20(27-29-22)17-10-11-17/h4-9,12-13,16-17H,10-11H2,1-3H3. The highest BCUT2D eigenvalue weighted by atomic mass is 32.2. The molecule has 0 saturated heterocycles. The minimum atomic E-state index is -0.0238. The van der Waals surface area contributed by atoms with Crippen molar-refractivity contribution in [1.82, 2.24) is 24.9 Å². The van der Waals surface area contributed by atoms with Gasteiger partial charge in [0.25, 0.3) is 0 Å². The highest BCUT2D eigenvalue weighted by molar-refractivity contribution is 7.99. The van der Waals surface area contributed by atoms with E-state index in [1.807, 2.05) is 0 Å². The fraction of sp³-hybridized carbons (Fsp3) is 0.304. The van der Waals surface area contributed by atoms with Gasteiger partial charge in [-0.15, -0.1) is 10.2 Å². The second kappa shape index (κ2) is 7.72. The summed E-state index contributed by atoms with van der Waals surface area (Å²) in [4.78, 5) is 4.60. The minimum absolute atomic E-state index is 0.0238. The van der Waals surface area contributed by atoms with Crippen LogP contribution in [0.3, 0.4) is 0 Å². The number of hydrogen-bond acceptors (Lipinski definition) is 6. The molecule has 1 unspecified atom stereocenters. The maximum atomic E-state index is 5.53. The Balaban J connectivity index is 1.51. The molecule has 1 aliphatic carbocycles. The molecule has 30 heavy (non-hydrogen) atoms. The zero-order chi connectivity index (χ0) is 20.7. The van der Waals surface area contributed by atoms with E-state index >= 15 is 0 Å². The zero-order valence-corrected chi connectivity index (χ0v) is 18.1. The molecule has 0 bridgehead atoms. The van der Waals surface area contributed by atoms with Crippen LogP contribution in [0, 0.1) is 13.8 Å². The summed E-state index contributed by atoms with van der Waals surface area (Å²) >= 11 is 1.58. The van der Waals surface area contributed by atoms with Gasteiger partial charge in [-0.3, -0.25) is 4.57 Å². The van der Waals surface area contributed by atoms with Gasteiger partial charge in [0, 0.05) is 17.2 Å². The minimum Gasteiger partial charge on any atom is -0.338 e. The third-order valence-electron chi connectivity index (χ3n) is 5.27. The third kappa shape index (κ3) is 3.77. The van der Waals surface area contributed by atoms with Crippen LogP contribution in [0.1, 0.15) is 53.8 Å². The van der Waals surface area contributed by atoms with Gasteiger partial charge in [-0.1, -0.05) is 64.4 Å². The molecule has 2 aromatic heterocycles. The van der Waals surface area contributed by atoms with Gasteiger partial charge in [0.15, 0.2) is 16.8 Å². The normalized spacial score (nSPS) is 14.8. The Morgan fingerprint density at radius 3 is 2.30 bits per heavy atom. The summed E-state index contributed by atoms with van der Waals surface area (Å²) in [7, 11) is 0. The first kappa shape index (κ1) is 19.1. The summed E-state index contributed by atoms with van der Waals surface area (Å²) < 4.78 is 7.63. The zero-order valence-electron chi connectivity index (χ0n) is 17.2. The van der Waals surface area contributed by atoms with Gasteiger partial charge < -0.3 is 4.52 Å². The average molecular weight is 418 g/mol. The number of benzene rings is 2. The molecule has 2 aromatic carbocycles. The molecule has 7 heteroatoms. The summed E-state index contributed by atoms with van der Waals surface area (Å²) in [5.74, 6) is 2.76. The van der Waals surface area contributed by atoms with E-state index in [-0.39, 0.29) is 5.25 Å². The fourth-order valence-corrected chi connectivity index (χ4v) is 4.19. The quantitative estimate of drug-likeness (QED) is 0.377. The lowest BCUT2D eigenvalue weighted by molar-refractivity contribution is 0.374. The predicted octanol–water partition coefficient (Wildman–Crippen LogP) is 5.66. The Bertz CT molecular complexity index is 1160. The topological polar surface area (TPSA) is 69.6 Å². The Morgan fingerprint density at radius 2 is 1.63 bits per heavy atom. The van der Waals surface area contributed by atoms with Gasteiger partial charge in [0.05, 0.1) is 5.25 Å². The van der Waals surface area contributed by atoms with E-state index < -0.39 is 0 Å². The van der Waals surface area contributed by atoms with Crippen LogP contribution in [0.25, 0.3) is 17.1 Å². The molecule has 0 aliphatic heterocycles. The Labute approximate surface area is 179 Å². The highest BCUT2D eigenvalue weighted by Gasteiger charge is 2.30. The molecule has 1 saturated carbocycles. The third-order valence-corrected chi connectivity index (χ3v) is 6.30. The second-order valence-corrected chi connectivity index (χ2v) is 9.18. The van der Waals surface area contributed by atoms with Crippen molar-refractivity contribution in [3.63, 3.8) is 0 Å². The van der Waals surface area contributed by atoms with E-state index in [1.165, 1.54) is 11.1 Å². The summed E-state index contributed by atoms with van der Waals surface area (Å²) in [6.07, 6.45) is 2.31. The number of nitrogens with zero attached hydrogens (tertiary/aromatic N) is 5. The van der Waals surface area contributed by atoms with Crippen molar-refractivity contribution in [1.29, 1.82) is 0 Å². The van der Waals surface area contributed by atoms with Crippen molar-refractivity contribution in [3.8, 4) is 17.1 Å². The van der Waals surface area contributed by atoms with Crippen LogP contribution in [-0.4, -0.2) is 24.9 Å². The van der Waals surface area contributed by atoms with Crippen LogP contribution in [-0.2, 0) is 0 Å². The first-order valence-electron chi connectivity index (χ1n) is 10.2. The second-order valence-electron chi connectivity index (χ2n) is 7.87. The smallest absolute Gasteiger partial charge is 0.239 e. The maximum absolute atomic E-state index is 5.53. The monoisotopic (exact) mass is 417 g/mol. The first-order valence-corrected chi connectivity index (χ1v) is 11.1. The van der Waals surface area contributed by atoms with Gasteiger partial charge in [-0.2, -0.15) is 4.98 Å². The van der Waals surface area contributed by atoms with Crippen molar-refractivity contribution in [2.45, 2.75) is 49.9 Å². The molecule has 152 valence electrons. The van der Waals surface area contributed by atoms with Crippen molar-refractivity contribution >= 4 is 11.8 Å². The molecule has 0 amide bonds. The summed E-state index contributed by atoms with van der Waals surface area (Å²) in [6, 6.07) is 16.8. The van der Waals surface area contributed by atoms with Crippen molar-refractivity contribution in [3.05, 3.63) is 71.4 Å². The average Bonchev–Trinajstić information content (AvgIpc) is 3.33. The van der Waals surface area contributed by atoms with Gasteiger partial charge >= 0.3 is 0 Å². The Morgan fingerprint density at radius 1 is 0.967 bits per heavy atom. The molecule has 6 nitrogen and oxygen atoms in total. The lowest BCUT2D eigenvalue weighted by atomic mass is 10.1. The fourth-order valence-electron chi connectivity index (χ4n) is 3.29. The molecule has 1 atom stereocenters. The van der Waals surface area contributed by atoms with Crippen LogP contribution in [0.2, 0.25) is 0 Å². The first-order chi connectivity index (χ1) is 14.6. The van der Waals surface area contributed by atoms with Crippen LogP contribution < -0.4 is 0 Å². The molecule has 5 rings (SSSR count). The molecular formula is C23H23N5OS. The van der Waals surface area contributed by atoms with Gasteiger partial charge in [0.1, 0.15) is 0 Å². The van der Waals surface area contributed by atoms with Crippen LogP contribution in [0.15, 0.2) is 58.2 Å². The van der Waals surface area contributed by atoms with E-state index in [0.29, 0.717) is 11.8 Å². The Hall–Kier alpha value is -2.93. The van der Waals surface area contributed by atoms with Crippen LogP contribution in [0.5, 0.6) is 0 Å². The van der Waals surface area contributed by atoms with Crippen molar-refractivity contribution < 1.29 is 4.52 Å². The maximum Gasteiger partial charge on any atom is 0.239 e. The number of hydrogen-bond donors (Lipinski definition) is 0. The molecule has 1 aliphatic rings. The summed E-state index contributed by atoms with van der Waals surface area (Å²) in [5.41, 5.74) is 4.48. The Kier molecular flexibility index (Phi) is 4.90. The van der Waals surface area contributed by atoms with E-state index in [1.54, 1.807) is 11.8 Å². The lowest BCUT2D eigenvalue weighted by Gasteiger charge is -2.12. The van der Waals surface area contributed by atoms with Gasteiger partial charge in [-0.05, 0) is 45.7 Å². The van der Waals surface area contributed by atoms with E-state index in [4.69, 9.17) is 4.52 Å². The van der Waals surface area contributed by atoms with Gasteiger partial charge in [0.2, 0.25) is 5.89 Å². The molecule has 1 fully saturated rings. The number of rotatable bonds is 6. The highest BCUT2D eigenvalue weighted by Crippen LogP contribution is 2.40. The van der Waals surface area contributed by atoms with Gasteiger partial charge in [-0.25, -0.2) is 0 Å². The molecule has 2 heterocycles.